The van der Waals surface area contributed by atoms with Crippen molar-refractivity contribution in [2.24, 2.45) is 11.8 Å². The molecule has 0 fully saturated rings. The van der Waals surface area contributed by atoms with E-state index in [2.05, 4.69) is 87.8 Å². The van der Waals surface area contributed by atoms with Crippen LogP contribution in [0.4, 0.5) is 0 Å². The Morgan fingerprint density at radius 2 is 1.85 bits per heavy atom. The summed E-state index contributed by atoms with van der Waals surface area (Å²) in [6.45, 7) is 20.8. The number of nitrogens with one attached hydrogen (secondary N) is 1. The molecule has 34 heavy (non-hydrogen) atoms. The fraction of sp³-hybridized carbons (Fsp3) is 0.533. The van der Waals surface area contributed by atoms with Gasteiger partial charge in [0, 0.05) is 45.6 Å². The van der Waals surface area contributed by atoms with Crippen molar-refractivity contribution < 1.29 is 10.9 Å². The lowest BCUT2D eigenvalue weighted by atomic mass is 10.0. The number of hydrogen-bond donors (Lipinski definition) is 1. The van der Waals surface area contributed by atoms with E-state index in [4.69, 9.17) is 9.47 Å². The molecular weight excluding hydrogens is 420 g/mol. The van der Waals surface area contributed by atoms with E-state index in [0.717, 1.165) is 62.7 Å². The van der Waals surface area contributed by atoms with E-state index >= 15 is 0 Å². The summed E-state index contributed by atoms with van der Waals surface area (Å²) in [6, 6.07) is 13.2. The Balaban J connectivity index is 0.00000432. The smallest absolute Gasteiger partial charge is 0.164 e. The van der Waals surface area contributed by atoms with Crippen molar-refractivity contribution in [1.82, 2.24) is 10.2 Å². The van der Waals surface area contributed by atoms with Crippen LogP contribution in [-0.2, 0) is 19.5 Å². The molecule has 0 spiro atoms. The third-order valence-corrected chi connectivity index (χ3v) is 6.43. The first-order valence-electron chi connectivity index (χ1n) is 13.0. The molecule has 0 bridgehead atoms. The normalized spacial score (nSPS) is 14.1. The molecule has 1 heterocycles. The highest BCUT2D eigenvalue weighted by molar-refractivity contribution is 5.49. The number of hydrogen-bond acceptors (Lipinski definition) is 4. The van der Waals surface area contributed by atoms with Crippen LogP contribution in [-0.4, -0.2) is 31.2 Å². The van der Waals surface area contributed by atoms with Crippen LogP contribution in [0.25, 0.3) is 0 Å². The van der Waals surface area contributed by atoms with Crippen LogP contribution in [0.5, 0.6) is 11.5 Å². The monoisotopic (exact) mass is 466 g/mol. The molecule has 2 aromatic rings. The maximum Gasteiger partial charge on any atom is 0.164 e. The molecule has 1 aliphatic rings. The van der Waals surface area contributed by atoms with Crippen molar-refractivity contribution in [2.75, 3.05) is 26.3 Å². The highest BCUT2D eigenvalue weighted by Gasteiger charge is 2.19. The van der Waals surface area contributed by atoms with Crippen LogP contribution in [0.2, 0.25) is 0 Å². The van der Waals surface area contributed by atoms with Gasteiger partial charge in [-0.05, 0) is 47.6 Å². The number of ether oxygens (including phenoxy) is 2. The number of rotatable bonds is 12. The Hall–Kier alpha value is -2.46. The lowest BCUT2D eigenvalue weighted by molar-refractivity contribution is 0.266. The zero-order valence-electron chi connectivity index (χ0n) is 22.0. The van der Waals surface area contributed by atoms with Crippen LogP contribution in [0.15, 0.2) is 48.7 Å². The molecule has 2 aromatic carbocycles. The maximum absolute atomic E-state index is 5.99. The topological polar surface area (TPSA) is 33.7 Å². The van der Waals surface area contributed by atoms with Crippen LogP contribution < -0.4 is 14.8 Å². The third kappa shape index (κ3) is 7.27. The first-order valence-corrected chi connectivity index (χ1v) is 13.0. The minimum atomic E-state index is 0. The van der Waals surface area contributed by atoms with Crippen molar-refractivity contribution in [3.63, 3.8) is 0 Å². The highest BCUT2D eigenvalue weighted by Crippen LogP contribution is 2.35. The summed E-state index contributed by atoms with van der Waals surface area (Å²) in [7, 11) is 0. The summed E-state index contributed by atoms with van der Waals surface area (Å²) in [5.74, 6) is 2.68. The average molecular weight is 467 g/mol. The molecule has 0 aliphatic carbocycles. The van der Waals surface area contributed by atoms with Crippen molar-refractivity contribution in [3.8, 4) is 11.5 Å². The Morgan fingerprint density at radius 3 is 2.59 bits per heavy atom. The van der Waals surface area contributed by atoms with E-state index in [1.807, 2.05) is 0 Å². The number of aryl methyl sites for hydroxylation is 2. The fourth-order valence-electron chi connectivity index (χ4n) is 4.65. The molecule has 1 atom stereocenters. The van der Waals surface area contributed by atoms with Crippen LogP contribution >= 0.6 is 0 Å². The molecular formula is C30H46N2O2. The lowest BCUT2D eigenvalue weighted by Gasteiger charge is -2.32. The van der Waals surface area contributed by atoms with Gasteiger partial charge in [-0.2, -0.15) is 0 Å². The van der Waals surface area contributed by atoms with Gasteiger partial charge in [0.05, 0.1) is 13.2 Å². The van der Waals surface area contributed by atoms with Crippen molar-refractivity contribution >= 4 is 0 Å². The average Bonchev–Trinajstić information content (AvgIpc) is 3.05. The van der Waals surface area contributed by atoms with Crippen LogP contribution in [0.3, 0.4) is 0 Å². The quantitative estimate of drug-likeness (QED) is 0.375. The van der Waals surface area contributed by atoms with Crippen LogP contribution in [0.1, 0.15) is 64.2 Å². The van der Waals surface area contributed by atoms with E-state index in [-0.39, 0.29) is 1.43 Å². The predicted molar refractivity (Wildman–Crippen MR) is 145 cm³/mol. The Bertz CT molecular complexity index is 944. The van der Waals surface area contributed by atoms with Gasteiger partial charge in [-0.3, -0.25) is 0 Å². The second-order valence-corrected chi connectivity index (χ2v) is 10.1. The van der Waals surface area contributed by atoms with Crippen molar-refractivity contribution in [1.29, 1.82) is 0 Å². The molecule has 0 unspecified atom stereocenters. The molecule has 1 aliphatic heterocycles. The summed E-state index contributed by atoms with van der Waals surface area (Å²) in [4.78, 5) is 2.45. The Morgan fingerprint density at radius 1 is 1.12 bits per heavy atom. The van der Waals surface area contributed by atoms with Gasteiger partial charge >= 0.3 is 0 Å². The SMILES string of the molecule is C=C([C@H](C)CNCc1ccccc1CCC)N(Cc1cc(C)c2c(c1)OCCCO2)CC(C)C.[HH]. The van der Waals surface area contributed by atoms with E-state index in [0.29, 0.717) is 18.4 Å². The number of nitrogens with zero attached hydrogens (tertiary/aromatic N) is 1. The van der Waals surface area contributed by atoms with Gasteiger partial charge in [-0.15, -0.1) is 0 Å². The number of benzene rings is 2. The van der Waals surface area contributed by atoms with E-state index in [1.165, 1.54) is 28.8 Å². The molecule has 1 N–H and O–H groups in total. The van der Waals surface area contributed by atoms with Gasteiger partial charge in [0.1, 0.15) is 0 Å². The van der Waals surface area contributed by atoms with E-state index in [9.17, 15) is 0 Å². The standard InChI is InChI=1S/C30H44N2O2.H2/c1-7-11-27-12-8-9-13-28(27)19-31-18-24(5)25(6)32(20-22(2)3)21-26-16-23(4)30-29(17-26)33-14-10-15-34-30;/h8-9,12-13,16-17,22,24,31H,6-7,10-11,14-15,18-21H2,1-5H3;1H/t24-;/m1./s1. The fourth-order valence-corrected chi connectivity index (χ4v) is 4.65. The second-order valence-electron chi connectivity index (χ2n) is 10.1. The van der Waals surface area contributed by atoms with Gasteiger partial charge < -0.3 is 19.7 Å². The summed E-state index contributed by atoms with van der Waals surface area (Å²) in [5, 5.41) is 3.69. The van der Waals surface area contributed by atoms with Gasteiger partial charge in [0.25, 0.3) is 0 Å². The largest absolute Gasteiger partial charge is 0.490 e. The Kier molecular flexibility index (Phi) is 9.88. The summed E-state index contributed by atoms with van der Waals surface area (Å²) in [6.07, 6.45) is 3.23. The van der Waals surface area contributed by atoms with Gasteiger partial charge in [0.2, 0.25) is 0 Å². The zero-order chi connectivity index (χ0) is 24.5. The molecule has 3 rings (SSSR count). The van der Waals surface area contributed by atoms with Gasteiger partial charge in [-0.1, -0.05) is 71.0 Å². The maximum atomic E-state index is 5.99. The first-order chi connectivity index (χ1) is 16.4. The second kappa shape index (κ2) is 12.9. The lowest BCUT2D eigenvalue weighted by Crippen LogP contribution is -2.33. The Labute approximate surface area is 208 Å². The van der Waals surface area contributed by atoms with Crippen molar-refractivity contribution in [2.45, 2.75) is 67.0 Å². The molecule has 4 nitrogen and oxygen atoms in total. The highest BCUT2D eigenvalue weighted by atomic mass is 16.5. The molecule has 0 aromatic heterocycles. The number of fused-ring (bicyclic) bond motifs is 1. The molecule has 0 saturated heterocycles. The summed E-state index contributed by atoms with van der Waals surface area (Å²) < 4.78 is 11.9. The summed E-state index contributed by atoms with van der Waals surface area (Å²) in [5.41, 5.74) is 6.44. The minimum Gasteiger partial charge on any atom is -0.490 e. The molecule has 188 valence electrons. The van der Waals surface area contributed by atoms with Gasteiger partial charge in [-0.25, -0.2) is 0 Å². The molecule has 4 heteroatoms. The van der Waals surface area contributed by atoms with Crippen LogP contribution in [0, 0.1) is 18.8 Å². The predicted octanol–water partition coefficient (Wildman–Crippen LogP) is 6.75. The zero-order valence-corrected chi connectivity index (χ0v) is 22.0. The third-order valence-electron chi connectivity index (χ3n) is 6.43. The molecule has 0 saturated carbocycles. The van der Waals surface area contributed by atoms with Gasteiger partial charge in [0.15, 0.2) is 11.5 Å². The minimum absolute atomic E-state index is 0. The summed E-state index contributed by atoms with van der Waals surface area (Å²) >= 11 is 0. The molecule has 0 amide bonds. The first kappa shape index (κ1) is 26.2. The van der Waals surface area contributed by atoms with Crippen molar-refractivity contribution in [3.05, 3.63) is 70.9 Å². The van der Waals surface area contributed by atoms with E-state index in [1.54, 1.807) is 0 Å². The van der Waals surface area contributed by atoms with E-state index < -0.39 is 0 Å². The molecule has 0 radical (unpaired) electrons.